The Hall–Kier alpha value is 8.67. The number of likely N-dealkylation sites (tertiary alicyclic amines) is 1. The van der Waals surface area contributed by atoms with Gasteiger partial charge in [-0.25, -0.2) is 21.6 Å². The van der Waals surface area contributed by atoms with Gasteiger partial charge in [-0.05, 0) is 127 Å². The number of esters is 1. The Labute approximate surface area is 517 Å². The standard InChI is InChI=1S/C24H35NO7S.C8H9NO6S.H17P15.H16P14/c1-4-33(27,28)17-24(26)32-19-11-13-25(16-19)20-7-5-6-8-21(20)31-14-12-18-9-10-22(29-2)23(15-18)30-3;1-2-16(13,14)5-8(12)15-9-6(10)3-4-7(9)11;1-9-13(8)15(12(6)7)14(10(2)3)11(4)5;1-9(2)13(10(3)4)14(11(5)6)12(7)8/h4,9-10,15,19-21H,1,5-8,11-14,16-17H2,2-3H3;2H,1,3-5H2;9H,1-8H2;1-8H2/t19-,20-,21-;;;/m1.../s1. The summed E-state index contributed by atoms with van der Waals surface area (Å²) in [4.78, 5) is 51.7. The minimum Gasteiger partial charge on any atom is -0.493 e. The average Bonchev–Trinajstić information content (AvgIpc) is 3.95. The molecule has 78 heavy (non-hydrogen) atoms. The minimum absolute atomic E-state index is 0.0413. The number of nitrogens with zero attached hydrogens (tertiary/aromatic N) is 2. The maximum atomic E-state index is 12.0. The Kier molecular flexibility index (Phi) is 49.0. The summed E-state index contributed by atoms with van der Waals surface area (Å²) < 4.78 is 67.4. The van der Waals surface area contributed by atoms with Crippen LogP contribution in [0.2, 0.25) is 0 Å². The Balaban J connectivity index is 0.000000570. The zero-order valence-corrected chi connectivity index (χ0v) is 74.7. The van der Waals surface area contributed by atoms with Crippen LogP contribution in [0.1, 0.15) is 50.5 Å². The van der Waals surface area contributed by atoms with Crippen LogP contribution in [0.25, 0.3) is 0 Å². The first-order chi connectivity index (χ1) is 36.3. The molecule has 0 aromatic heterocycles. The summed E-state index contributed by atoms with van der Waals surface area (Å²) in [7, 11) is 45.9. The van der Waals surface area contributed by atoms with Gasteiger partial charge in [-0.1, -0.05) is 40.0 Å². The monoisotopic (exact) mass is 1660 g/mol. The largest absolute Gasteiger partial charge is 0.493 e. The van der Waals surface area contributed by atoms with Gasteiger partial charge in [-0.3, -0.25) is 19.3 Å². The molecule has 2 saturated heterocycles. The summed E-state index contributed by atoms with van der Waals surface area (Å²) in [5, 5.41) is 1.68. The van der Waals surface area contributed by atoms with Crippen LogP contribution in [0.3, 0.4) is 0 Å². The number of hydrogen-bond donors (Lipinski definition) is 0. The lowest BCUT2D eigenvalue weighted by molar-refractivity contribution is -0.195. The number of methoxy groups -OCH3 is 2. The molecule has 3 fully saturated rings. The zero-order chi connectivity index (χ0) is 59.8. The molecule has 1 aliphatic carbocycles. The van der Waals surface area contributed by atoms with Crippen molar-refractivity contribution in [1.29, 1.82) is 0 Å². The Morgan fingerprint density at radius 1 is 0.667 bits per heavy atom. The molecule has 46 heteroatoms. The van der Waals surface area contributed by atoms with Crippen LogP contribution in [-0.4, -0.2) is 114 Å². The fourth-order valence-electron chi connectivity index (χ4n) is 6.91. The molecule has 19 unspecified atom stereocenters. The van der Waals surface area contributed by atoms with Crippen LogP contribution in [0.4, 0.5) is 0 Å². The predicted octanol–water partition coefficient (Wildman–Crippen LogP) is 18.0. The van der Waals surface area contributed by atoms with E-state index in [1.165, 1.54) is 0 Å². The number of ether oxygens (including phenoxy) is 4. The number of carbonyl (C=O) groups is 4. The molecule has 2 aliphatic heterocycles. The van der Waals surface area contributed by atoms with Crippen LogP contribution in [-0.2, 0) is 59.6 Å². The van der Waals surface area contributed by atoms with Crippen molar-refractivity contribution in [3.05, 3.63) is 47.7 Å². The number of hydrogen-bond acceptors (Lipinski definition) is 14. The van der Waals surface area contributed by atoms with Crippen molar-refractivity contribution in [3.8, 4) is 11.5 Å². The molecule has 1 saturated carbocycles. The third-order valence-electron chi connectivity index (χ3n) is 10.2. The lowest BCUT2D eigenvalue weighted by Crippen LogP contribution is -2.46. The molecule has 450 valence electrons. The topological polar surface area (TPSA) is 189 Å². The van der Waals surface area contributed by atoms with Crippen LogP contribution >= 0.6 is 235 Å². The number of amides is 2. The van der Waals surface area contributed by atoms with Gasteiger partial charge in [0.1, 0.15) is 6.10 Å². The van der Waals surface area contributed by atoms with Crippen LogP contribution < -0.4 is 9.47 Å². The second kappa shape index (κ2) is 45.1. The van der Waals surface area contributed by atoms with E-state index >= 15 is 0 Å². The van der Waals surface area contributed by atoms with Crippen molar-refractivity contribution in [2.75, 3.05) is 45.4 Å². The Bertz CT molecular complexity index is 2230. The Morgan fingerprint density at radius 2 is 1.12 bits per heavy atom. The summed E-state index contributed by atoms with van der Waals surface area (Å²) >= 11 is 0. The smallest absolute Gasteiger partial charge is 0.348 e. The fraction of sp³-hybridized carbons (Fsp3) is 0.562. The number of hydroxylamine groups is 2. The molecule has 1 aromatic carbocycles. The van der Waals surface area contributed by atoms with Crippen LogP contribution in [0.5, 0.6) is 11.5 Å². The molecule has 3 aliphatic rings. The van der Waals surface area contributed by atoms with Gasteiger partial charge in [0, 0.05) is 42.8 Å². The molecule has 4 rings (SSSR count). The number of rotatable bonds is 26. The van der Waals surface area contributed by atoms with E-state index in [1.807, 2.05) is 18.2 Å². The quantitative estimate of drug-likeness (QED) is 0.0484. The van der Waals surface area contributed by atoms with Gasteiger partial charge in [0.2, 0.25) is 0 Å². The molecule has 22 atom stereocenters. The first-order valence-electron chi connectivity index (χ1n) is 22.1. The first kappa shape index (κ1) is 84.7. The SMILES string of the molecule is C=CS(=O)(=O)CC(=O)ON1C(=O)CCC1=O.C=CS(=O)(=O)CC(=O)O[C@@H]1CCN([C@@H]2CCCC[C@H]2OCCc2ccc(OC)c(OC)c2)C1.PP(P)P(P(P)P)P(P(P)P)P(P)P.PPP(P)P(P(P)P)P(P(P)P)P(P)P. The second-order valence-electron chi connectivity index (χ2n) is 15.8. The van der Waals surface area contributed by atoms with E-state index in [2.05, 4.69) is 166 Å². The van der Waals surface area contributed by atoms with E-state index in [9.17, 15) is 36.0 Å². The molecular formula is C32H77N2O13P29S2. The fourth-order valence-corrected chi connectivity index (χ4v) is 311. The molecule has 2 heterocycles. The molecule has 0 spiro atoms. The van der Waals surface area contributed by atoms with Gasteiger partial charge < -0.3 is 23.8 Å². The van der Waals surface area contributed by atoms with Gasteiger partial charge in [-0.2, -0.15) is 0 Å². The zero-order valence-electron chi connectivity index (χ0n) is 42.8. The molecule has 15 nitrogen and oxygen atoms in total. The third kappa shape index (κ3) is 32.7. The van der Waals surface area contributed by atoms with E-state index < -0.39 is 54.9 Å². The Morgan fingerprint density at radius 3 is 1.55 bits per heavy atom. The van der Waals surface area contributed by atoms with E-state index in [1.54, 1.807) is 14.2 Å². The van der Waals surface area contributed by atoms with Crippen LogP contribution in [0, 0.1) is 0 Å². The number of carbonyl (C=O) groups excluding carboxylic acids is 4. The summed E-state index contributed by atoms with van der Waals surface area (Å²) in [6.45, 7) is 9.90. The summed E-state index contributed by atoms with van der Waals surface area (Å²) in [6, 6.07) is 6.19. The highest BCUT2D eigenvalue weighted by atomic mass is 33.3. The second-order valence-corrected chi connectivity index (χ2v) is 129. The van der Waals surface area contributed by atoms with Gasteiger partial charge in [-0.15, -0.1) is 148 Å². The van der Waals surface area contributed by atoms with Crippen molar-refractivity contribution >= 4 is 278 Å². The van der Waals surface area contributed by atoms with Crippen molar-refractivity contribution in [2.45, 2.75) is 69.6 Å². The van der Waals surface area contributed by atoms with Crippen molar-refractivity contribution in [1.82, 2.24) is 9.96 Å². The summed E-state index contributed by atoms with van der Waals surface area (Å²) in [6.07, 6.45) is 5.60. The lowest BCUT2D eigenvalue weighted by atomic mass is 9.91. The lowest BCUT2D eigenvalue weighted by Gasteiger charge is -2.38. The third-order valence-corrected chi connectivity index (χ3v) is 180. The predicted molar refractivity (Wildman–Crippen MR) is 423 cm³/mol. The van der Waals surface area contributed by atoms with E-state index in [0.717, 1.165) is 57.6 Å². The van der Waals surface area contributed by atoms with Gasteiger partial charge in [0.05, 0.1) is 26.9 Å². The number of benzene rings is 1. The minimum atomic E-state index is -3.76. The summed E-state index contributed by atoms with van der Waals surface area (Å²) in [5.41, 5.74) is 1.13. The highest BCUT2D eigenvalue weighted by molar-refractivity contribution is 9.29. The molecular weight excluding hydrogens is 1580 g/mol. The van der Waals surface area contributed by atoms with Gasteiger partial charge >= 0.3 is 11.9 Å². The van der Waals surface area contributed by atoms with E-state index in [4.69, 9.17) is 18.9 Å². The maximum absolute atomic E-state index is 12.0. The van der Waals surface area contributed by atoms with Crippen molar-refractivity contribution in [2.24, 2.45) is 0 Å². The first-order valence-corrected chi connectivity index (χ1v) is 76.6. The van der Waals surface area contributed by atoms with Crippen molar-refractivity contribution < 1.29 is 59.8 Å². The van der Waals surface area contributed by atoms with Crippen LogP contribution in [0.15, 0.2) is 42.2 Å². The molecule has 2 amide bonds. The number of imide groups is 1. The van der Waals surface area contributed by atoms with E-state index in [-0.39, 0.29) is 115 Å². The maximum Gasteiger partial charge on any atom is 0.348 e. The highest BCUT2D eigenvalue weighted by Gasteiger charge is 2.38. The normalized spacial score (nSPS) is 19.2. The highest BCUT2D eigenvalue weighted by Crippen LogP contribution is 3.23. The molecule has 0 bridgehead atoms. The van der Waals surface area contributed by atoms with Gasteiger partial charge in [0.15, 0.2) is 42.7 Å². The van der Waals surface area contributed by atoms with Crippen molar-refractivity contribution in [3.63, 3.8) is 0 Å². The number of sulfone groups is 2. The average molecular weight is 1660 g/mol. The summed E-state index contributed by atoms with van der Waals surface area (Å²) in [5.74, 6) is -3.41. The van der Waals surface area contributed by atoms with Gasteiger partial charge in [0.25, 0.3) is 11.8 Å². The van der Waals surface area contributed by atoms with E-state index in [0.29, 0.717) is 41.5 Å². The molecule has 0 radical (unpaired) electrons. The molecule has 0 N–H and O–H groups in total. The molecule has 1 aromatic rings.